The normalized spacial score (nSPS) is 12.5. The van der Waals surface area contributed by atoms with Crippen LogP contribution in [0.25, 0.3) is 11.5 Å². The van der Waals surface area contributed by atoms with Crippen LogP contribution < -0.4 is 4.74 Å². The topological polar surface area (TPSA) is 94.2 Å². The van der Waals surface area contributed by atoms with Gasteiger partial charge in [0.15, 0.2) is 5.69 Å². The molecule has 0 aliphatic carbocycles. The van der Waals surface area contributed by atoms with Crippen molar-refractivity contribution in [2.45, 2.75) is 33.0 Å². The number of nitrogens with zero attached hydrogens (tertiary/aromatic N) is 5. The Morgan fingerprint density at radius 3 is 2.53 bits per heavy atom. The number of aromatic nitrogens is 4. The smallest absolute Gasteiger partial charge is 0.434 e. The van der Waals surface area contributed by atoms with Gasteiger partial charge in [0, 0.05) is 13.5 Å². The second-order valence-electron chi connectivity index (χ2n) is 6.78. The summed E-state index contributed by atoms with van der Waals surface area (Å²) >= 11 is 0. The maximum absolute atomic E-state index is 14.5. The highest BCUT2D eigenvalue weighted by Gasteiger charge is 2.33. The van der Waals surface area contributed by atoms with Crippen LogP contribution in [-0.2, 0) is 6.18 Å². The fraction of sp³-hybridized carbons (Fsp3) is 0.350. The first-order valence-corrected chi connectivity index (χ1v) is 9.53. The lowest BCUT2D eigenvalue weighted by molar-refractivity contribution is -0.141. The summed E-state index contributed by atoms with van der Waals surface area (Å²) in [6, 6.07) is 3.48. The van der Waals surface area contributed by atoms with Crippen molar-refractivity contribution >= 4 is 5.91 Å². The lowest BCUT2D eigenvalue weighted by atomic mass is 10.0. The van der Waals surface area contributed by atoms with E-state index in [1.807, 2.05) is 0 Å². The first-order chi connectivity index (χ1) is 15.1. The third-order valence-electron chi connectivity index (χ3n) is 4.51. The van der Waals surface area contributed by atoms with E-state index in [0.29, 0.717) is 6.20 Å². The van der Waals surface area contributed by atoms with E-state index in [1.54, 1.807) is 20.8 Å². The van der Waals surface area contributed by atoms with E-state index in [1.165, 1.54) is 23.1 Å². The van der Waals surface area contributed by atoms with Gasteiger partial charge in [0.05, 0.1) is 29.6 Å². The Hall–Kier alpha value is -3.57. The highest BCUT2D eigenvalue weighted by Crippen LogP contribution is 2.28. The number of carbonyl (C=O) groups excluding carboxylic acids is 1. The monoisotopic (exact) mass is 453 g/mol. The van der Waals surface area contributed by atoms with Crippen molar-refractivity contribution in [1.29, 1.82) is 0 Å². The Morgan fingerprint density at radius 1 is 1.22 bits per heavy atom. The van der Waals surface area contributed by atoms with Gasteiger partial charge < -0.3 is 14.1 Å². The van der Waals surface area contributed by atoms with Crippen molar-refractivity contribution in [2.24, 2.45) is 0 Å². The molecule has 8 nitrogen and oxygen atoms in total. The minimum atomic E-state index is -4.61. The van der Waals surface area contributed by atoms with E-state index in [9.17, 15) is 22.4 Å². The van der Waals surface area contributed by atoms with Crippen LogP contribution in [0.3, 0.4) is 0 Å². The van der Waals surface area contributed by atoms with Crippen LogP contribution in [0.15, 0.2) is 35.0 Å². The first kappa shape index (κ1) is 23.1. The molecule has 0 aliphatic heterocycles. The number of likely N-dealkylation sites (N-methyl/N-ethyl adjacent to an activating group) is 1. The summed E-state index contributed by atoms with van der Waals surface area (Å²) in [6.07, 6.45) is -3.19. The molecule has 0 aliphatic rings. The third-order valence-corrected chi connectivity index (χ3v) is 4.51. The number of hydrogen-bond donors (Lipinski definition) is 0. The Kier molecular flexibility index (Phi) is 6.70. The number of amides is 1. The third kappa shape index (κ3) is 5.01. The summed E-state index contributed by atoms with van der Waals surface area (Å²) in [6.45, 7) is 5.11. The second-order valence-corrected chi connectivity index (χ2v) is 6.78. The molecule has 2 heterocycles. The summed E-state index contributed by atoms with van der Waals surface area (Å²) < 4.78 is 63.0. The first-order valence-electron chi connectivity index (χ1n) is 9.53. The standard InChI is InChI=1S/C20H19F4N5O3/c1-4-29(11(2)10-31-16-9-25-15(8-26-16)20(22,23)24)19(30)13-6-5-7-14(21)17(13)18-28-27-12(3)32-18/h5-9,11H,4,10H2,1-3H3/t11-/m0/s1. The van der Waals surface area contributed by atoms with Crippen LogP contribution in [0, 0.1) is 12.7 Å². The lowest BCUT2D eigenvalue weighted by Gasteiger charge is -2.28. The largest absolute Gasteiger partial charge is 0.474 e. The predicted octanol–water partition coefficient (Wildman–Crippen LogP) is 3.92. The van der Waals surface area contributed by atoms with Crippen molar-refractivity contribution in [3.63, 3.8) is 0 Å². The molecule has 170 valence electrons. The molecule has 12 heteroatoms. The Labute approximate surface area is 180 Å². The van der Waals surface area contributed by atoms with Crippen LogP contribution >= 0.6 is 0 Å². The Balaban J connectivity index is 1.77. The van der Waals surface area contributed by atoms with Gasteiger partial charge in [0.2, 0.25) is 11.8 Å². The number of hydrogen-bond acceptors (Lipinski definition) is 7. The van der Waals surface area contributed by atoms with E-state index >= 15 is 0 Å². The van der Waals surface area contributed by atoms with Gasteiger partial charge in [-0.2, -0.15) is 13.2 Å². The molecule has 1 atom stereocenters. The molecule has 0 fully saturated rings. The molecule has 0 unspecified atom stereocenters. The van der Waals surface area contributed by atoms with Crippen molar-refractivity contribution in [1.82, 2.24) is 25.1 Å². The summed E-state index contributed by atoms with van der Waals surface area (Å²) in [5.74, 6) is -1.23. The maximum Gasteiger partial charge on any atom is 0.434 e. The van der Waals surface area contributed by atoms with Crippen LogP contribution in [0.4, 0.5) is 17.6 Å². The highest BCUT2D eigenvalue weighted by molar-refractivity contribution is 6.00. The van der Waals surface area contributed by atoms with Gasteiger partial charge in [-0.15, -0.1) is 10.2 Å². The van der Waals surface area contributed by atoms with Gasteiger partial charge in [-0.3, -0.25) is 4.79 Å². The van der Waals surface area contributed by atoms with Gasteiger partial charge in [-0.25, -0.2) is 14.4 Å². The number of halogens is 4. The predicted molar refractivity (Wildman–Crippen MR) is 103 cm³/mol. The zero-order valence-electron chi connectivity index (χ0n) is 17.4. The molecule has 1 amide bonds. The average molecular weight is 453 g/mol. The van der Waals surface area contributed by atoms with Crippen LogP contribution in [-0.4, -0.2) is 50.2 Å². The SMILES string of the molecule is CCN(C(=O)c1cccc(F)c1-c1nnc(C)o1)[C@@H](C)COc1cnc(C(F)(F)F)cn1. The molecule has 3 rings (SSSR count). The second kappa shape index (κ2) is 9.28. The average Bonchev–Trinajstić information content (AvgIpc) is 3.18. The molecule has 3 aromatic rings. The van der Waals surface area contributed by atoms with Crippen molar-refractivity contribution in [3.05, 3.63) is 53.6 Å². The van der Waals surface area contributed by atoms with E-state index < -0.39 is 29.6 Å². The number of carbonyl (C=O) groups is 1. The summed E-state index contributed by atoms with van der Waals surface area (Å²) in [4.78, 5) is 21.5. The molecule has 0 spiro atoms. The van der Waals surface area contributed by atoms with Crippen LogP contribution in [0.2, 0.25) is 0 Å². The summed E-state index contributed by atoms with van der Waals surface area (Å²) in [5, 5.41) is 7.48. The maximum atomic E-state index is 14.5. The zero-order valence-corrected chi connectivity index (χ0v) is 17.4. The van der Waals surface area contributed by atoms with Crippen molar-refractivity contribution in [3.8, 4) is 17.3 Å². The van der Waals surface area contributed by atoms with E-state index in [-0.39, 0.29) is 41.9 Å². The summed E-state index contributed by atoms with van der Waals surface area (Å²) in [5.41, 5.74) is -1.23. The lowest BCUT2D eigenvalue weighted by Crippen LogP contribution is -2.42. The molecule has 0 saturated carbocycles. The van der Waals surface area contributed by atoms with Gasteiger partial charge >= 0.3 is 6.18 Å². The van der Waals surface area contributed by atoms with Gasteiger partial charge in [-0.1, -0.05) is 6.07 Å². The molecule has 32 heavy (non-hydrogen) atoms. The number of alkyl halides is 3. The fourth-order valence-electron chi connectivity index (χ4n) is 2.96. The molecule has 0 N–H and O–H groups in total. The van der Waals surface area contributed by atoms with Gasteiger partial charge in [0.25, 0.3) is 11.8 Å². The fourth-order valence-corrected chi connectivity index (χ4v) is 2.96. The number of ether oxygens (including phenoxy) is 1. The molecule has 1 aromatic carbocycles. The zero-order chi connectivity index (χ0) is 23.5. The minimum absolute atomic E-state index is 0.0247. The van der Waals surface area contributed by atoms with E-state index in [2.05, 4.69) is 20.2 Å². The number of rotatable bonds is 7. The van der Waals surface area contributed by atoms with Crippen LogP contribution in [0.5, 0.6) is 5.88 Å². The number of benzene rings is 1. The molecule has 0 radical (unpaired) electrons. The molecular weight excluding hydrogens is 434 g/mol. The minimum Gasteiger partial charge on any atom is -0.474 e. The van der Waals surface area contributed by atoms with Crippen LogP contribution in [0.1, 0.15) is 35.8 Å². The van der Waals surface area contributed by atoms with E-state index in [0.717, 1.165) is 6.20 Å². The quantitative estimate of drug-likeness (QED) is 0.501. The summed E-state index contributed by atoms with van der Waals surface area (Å²) in [7, 11) is 0. The van der Waals surface area contributed by atoms with Gasteiger partial charge in [-0.05, 0) is 26.0 Å². The Bertz CT molecular complexity index is 1090. The van der Waals surface area contributed by atoms with Crippen molar-refractivity contribution < 1.29 is 31.5 Å². The van der Waals surface area contributed by atoms with Gasteiger partial charge in [0.1, 0.15) is 12.4 Å². The molecular formula is C20H19F4N5O3. The van der Waals surface area contributed by atoms with E-state index in [4.69, 9.17) is 9.15 Å². The molecule has 0 saturated heterocycles. The van der Waals surface area contributed by atoms with Crippen molar-refractivity contribution in [2.75, 3.05) is 13.2 Å². The molecule has 0 bridgehead atoms. The molecule has 2 aromatic heterocycles. The Morgan fingerprint density at radius 2 is 1.97 bits per heavy atom. The highest BCUT2D eigenvalue weighted by atomic mass is 19.4. The number of aryl methyl sites for hydroxylation is 1.